The van der Waals surface area contributed by atoms with E-state index in [4.69, 9.17) is 9.84 Å². The fraction of sp³-hybridized carbons (Fsp3) is 0.200. The lowest BCUT2D eigenvalue weighted by atomic mass is 10.1. The zero-order chi connectivity index (χ0) is 21.3. The number of aryl methyl sites for hydroxylation is 1. The van der Waals surface area contributed by atoms with Crippen molar-refractivity contribution in [2.24, 2.45) is 0 Å². The Bertz CT molecular complexity index is 1200. The third-order valence-corrected chi connectivity index (χ3v) is 5.94. The van der Waals surface area contributed by atoms with Crippen molar-refractivity contribution in [3.8, 4) is 5.88 Å². The predicted octanol–water partition coefficient (Wildman–Crippen LogP) is 6.47. The number of fused-ring (bicyclic) bond motifs is 1. The second kappa shape index (κ2) is 8.00. The first kappa shape index (κ1) is 20.2. The normalized spacial score (nSPS) is 11.6. The van der Waals surface area contributed by atoms with Crippen LogP contribution in [0.2, 0.25) is 0 Å². The van der Waals surface area contributed by atoms with Gasteiger partial charge in [0, 0.05) is 4.90 Å². The first-order valence-corrected chi connectivity index (χ1v) is 10.7. The summed E-state index contributed by atoms with van der Waals surface area (Å²) in [5, 5.41) is 6.59. The van der Waals surface area contributed by atoms with Crippen LogP contribution in [0.15, 0.2) is 82.6 Å². The first-order chi connectivity index (χ1) is 14.3. The maximum atomic E-state index is 13.2. The summed E-state index contributed by atoms with van der Waals surface area (Å²) in [6.45, 7) is 8.09. The van der Waals surface area contributed by atoms with Gasteiger partial charge in [-0.05, 0) is 56.7 Å². The van der Waals surface area contributed by atoms with Crippen LogP contribution in [0, 0.1) is 6.92 Å². The van der Waals surface area contributed by atoms with E-state index in [2.05, 4.69) is 0 Å². The van der Waals surface area contributed by atoms with Gasteiger partial charge in [-0.25, -0.2) is 9.48 Å². The van der Waals surface area contributed by atoms with Crippen LogP contribution in [0.25, 0.3) is 10.8 Å². The van der Waals surface area contributed by atoms with Gasteiger partial charge in [-0.1, -0.05) is 66.4 Å². The summed E-state index contributed by atoms with van der Waals surface area (Å²) in [6.07, 6.45) is 0. The average Bonchev–Trinajstić information content (AvgIpc) is 3.04. The first-order valence-electron chi connectivity index (χ1n) is 9.87. The number of nitrogens with zero attached hydrogens (tertiary/aromatic N) is 2. The molecule has 0 bridgehead atoms. The molecule has 4 aromatic rings. The van der Waals surface area contributed by atoms with Crippen molar-refractivity contribution < 1.29 is 9.53 Å². The molecule has 0 saturated heterocycles. The molecule has 0 amide bonds. The van der Waals surface area contributed by atoms with Crippen LogP contribution in [0.4, 0.5) is 0 Å². The van der Waals surface area contributed by atoms with Gasteiger partial charge >= 0.3 is 5.97 Å². The third-order valence-electron chi connectivity index (χ3n) is 4.76. The van der Waals surface area contributed by atoms with Crippen LogP contribution in [-0.4, -0.2) is 15.7 Å². The highest BCUT2D eigenvalue weighted by molar-refractivity contribution is 7.99. The van der Waals surface area contributed by atoms with Gasteiger partial charge in [-0.2, -0.15) is 5.10 Å². The van der Waals surface area contributed by atoms with Crippen LogP contribution in [-0.2, 0) is 5.54 Å². The number of carbonyl (C=O) groups is 1. The molecule has 0 radical (unpaired) electrons. The van der Waals surface area contributed by atoms with E-state index >= 15 is 0 Å². The largest absolute Gasteiger partial charge is 0.403 e. The van der Waals surface area contributed by atoms with E-state index in [1.54, 1.807) is 22.5 Å². The number of esters is 1. The Labute approximate surface area is 180 Å². The van der Waals surface area contributed by atoms with Crippen LogP contribution in [0.3, 0.4) is 0 Å². The molecule has 1 aromatic heterocycles. The molecule has 4 rings (SSSR count). The number of carbonyl (C=O) groups excluding carboxylic acids is 1. The van der Waals surface area contributed by atoms with E-state index in [0.29, 0.717) is 11.4 Å². The van der Waals surface area contributed by atoms with Crippen LogP contribution >= 0.6 is 11.8 Å². The summed E-state index contributed by atoms with van der Waals surface area (Å²) in [6, 6.07) is 23.5. The van der Waals surface area contributed by atoms with Crippen LogP contribution in [0.1, 0.15) is 36.8 Å². The molecule has 0 spiro atoms. The van der Waals surface area contributed by atoms with E-state index in [0.717, 1.165) is 26.3 Å². The summed E-state index contributed by atoms with van der Waals surface area (Å²) in [7, 11) is 0. The van der Waals surface area contributed by atoms with E-state index in [1.807, 2.05) is 94.4 Å². The van der Waals surface area contributed by atoms with Crippen molar-refractivity contribution in [3.05, 3.63) is 84.1 Å². The highest BCUT2D eigenvalue weighted by Crippen LogP contribution is 2.40. The quantitative estimate of drug-likeness (QED) is 0.358. The number of benzene rings is 3. The molecule has 0 aliphatic rings. The molecule has 0 aliphatic carbocycles. The lowest BCUT2D eigenvalue weighted by Crippen LogP contribution is -2.25. The van der Waals surface area contributed by atoms with Gasteiger partial charge in [0.1, 0.15) is 0 Å². The Morgan fingerprint density at radius 1 is 0.933 bits per heavy atom. The van der Waals surface area contributed by atoms with Gasteiger partial charge in [-0.15, -0.1) is 0 Å². The molecular formula is C25H24N2O2S. The summed E-state index contributed by atoms with van der Waals surface area (Å²) < 4.78 is 7.83. The zero-order valence-electron chi connectivity index (χ0n) is 17.5. The minimum atomic E-state index is -0.382. The number of hydrogen-bond acceptors (Lipinski definition) is 4. The van der Waals surface area contributed by atoms with E-state index in [9.17, 15) is 4.79 Å². The molecule has 5 heteroatoms. The number of rotatable bonds is 4. The van der Waals surface area contributed by atoms with Crippen molar-refractivity contribution in [2.75, 3.05) is 0 Å². The van der Waals surface area contributed by atoms with Crippen molar-refractivity contribution in [1.82, 2.24) is 9.78 Å². The van der Waals surface area contributed by atoms with Gasteiger partial charge in [0.15, 0.2) is 0 Å². The Balaban J connectivity index is 1.78. The molecular weight excluding hydrogens is 392 g/mol. The fourth-order valence-corrected chi connectivity index (χ4v) is 4.24. The maximum absolute atomic E-state index is 13.2. The minimum Gasteiger partial charge on any atom is -0.403 e. The Morgan fingerprint density at radius 3 is 2.33 bits per heavy atom. The predicted molar refractivity (Wildman–Crippen MR) is 121 cm³/mol. The topological polar surface area (TPSA) is 44.1 Å². The average molecular weight is 417 g/mol. The Kier molecular flexibility index (Phi) is 5.39. The minimum absolute atomic E-state index is 0.339. The molecule has 0 atom stereocenters. The van der Waals surface area contributed by atoms with Gasteiger partial charge < -0.3 is 4.74 Å². The summed E-state index contributed by atoms with van der Waals surface area (Å²) in [4.78, 5) is 15.2. The fourth-order valence-electron chi connectivity index (χ4n) is 3.31. The van der Waals surface area contributed by atoms with E-state index in [-0.39, 0.29) is 11.5 Å². The highest BCUT2D eigenvalue weighted by Gasteiger charge is 2.28. The summed E-state index contributed by atoms with van der Waals surface area (Å²) in [5.41, 5.74) is 1.04. The standard InChI is InChI=1S/C25H24N2O2S/c1-17-22(30-19-13-6-5-7-14-19)23(27(26-17)25(2,3)4)29-24(28)21-16-10-12-18-11-8-9-15-20(18)21/h5-16H,1-4H3. The summed E-state index contributed by atoms with van der Waals surface area (Å²) in [5.74, 6) is 0.0962. The second-order valence-corrected chi connectivity index (χ2v) is 9.22. The molecule has 3 aromatic carbocycles. The van der Waals surface area contributed by atoms with Crippen molar-refractivity contribution in [1.29, 1.82) is 0 Å². The van der Waals surface area contributed by atoms with Crippen LogP contribution < -0.4 is 4.74 Å². The molecule has 1 heterocycles. The molecule has 0 fully saturated rings. The van der Waals surface area contributed by atoms with E-state index < -0.39 is 0 Å². The van der Waals surface area contributed by atoms with Crippen molar-refractivity contribution in [2.45, 2.75) is 43.0 Å². The lowest BCUT2D eigenvalue weighted by Gasteiger charge is -2.22. The molecule has 0 N–H and O–H groups in total. The Hall–Kier alpha value is -3.05. The molecule has 0 saturated carbocycles. The van der Waals surface area contributed by atoms with Gasteiger partial charge in [0.05, 0.1) is 21.7 Å². The maximum Gasteiger partial charge on any atom is 0.345 e. The molecule has 0 aliphatic heterocycles. The molecule has 0 unspecified atom stereocenters. The third kappa shape index (κ3) is 3.98. The second-order valence-electron chi connectivity index (χ2n) is 8.13. The molecule has 30 heavy (non-hydrogen) atoms. The molecule has 4 nitrogen and oxygen atoms in total. The molecule has 152 valence electrons. The monoisotopic (exact) mass is 416 g/mol. The smallest absolute Gasteiger partial charge is 0.345 e. The van der Waals surface area contributed by atoms with Gasteiger partial charge in [-0.3, -0.25) is 0 Å². The van der Waals surface area contributed by atoms with Crippen molar-refractivity contribution >= 4 is 28.5 Å². The number of hydrogen-bond donors (Lipinski definition) is 0. The van der Waals surface area contributed by atoms with E-state index in [1.165, 1.54) is 0 Å². The van der Waals surface area contributed by atoms with Gasteiger partial charge in [0.2, 0.25) is 5.88 Å². The number of aromatic nitrogens is 2. The van der Waals surface area contributed by atoms with Gasteiger partial charge in [0.25, 0.3) is 0 Å². The number of ether oxygens (including phenoxy) is 1. The van der Waals surface area contributed by atoms with Crippen molar-refractivity contribution in [3.63, 3.8) is 0 Å². The Morgan fingerprint density at radius 2 is 1.60 bits per heavy atom. The van der Waals surface area contributed by atoms with Crippen LogP contribution in [0.5, 0.6) is 5.88 Å². The summed E-state index contributed by atoms with van der Waals surface area (Å²) >= 11 is 1.56. The SMILES string of the molecule is Cc1nn(C(C)(C)C)c(OC(=O)c2cccc3ccccc23)c1Sc1ccccc1. The highest BCUT2D eigenvalue weighted by atomic mass is 32.2. The zero-order valence-corrected chi connectivity index (χ0v) is 18.4. The lowest BCUT2D eigenvalue weighted by molar-refractivity contribution is 0.0706.